The topological polar surface area (TPSA) is 32.8 Å². The zero-order valence-electron chi connectivity index (χ0n) is 11.8. The van der Waals surface area contributed by atoms with Gasteiger partial charge in [-0.2, -0.15) is 0 Å². The van der Waals surface area contributed by atoms with Crippen molar-refractivity contribution in [2.24, 2.45) is 0 Å². The molecule has 2 aromatic carbocycles. The quantitative estimate of drug-likeness (QED) is 0.863. The third-order valence-corrected chi connectivity index (χ3v) is 3.47. The molecule has 0 unspecified atom stereocenters. The number of carbonyl (C=O) groups is 1. The predicted molar refractivity (Wildman–Crippen MR) is 80.2 cm³/mol. The van der Waals surface area contributed by atoms with Gasteiger partial charge in [-0.25, -0.2) is 4.79 Å². The molecule has 0 aromatic heterocycles. The number of nitrogens with zero attached hydrogens (tertiary/aromatic N) is 2. The second kappa shape index (κ2) is 6.41. The van der Waals surface area contributed by atoms with Gasteiger partial charge in [0, 0.05) is 13.1 Å². The highest BCUT2D eigenvalue weighted by atomic mass is 16.5. The molecule has 2 amide bonds. The maximum Gasteiger partial charge on any atom is 0.324 e. The first-order chi connectivity index (χ1) is 10.3. The Morgan fingerprint density at radius 2 is 1.19 bits per heavy atom. The van der Waals surface area contributed by atoms with E-state index in [0.29, 0.717) is 26.6 Å². The summed E-state index contributed by atoms with van der Waals surface area (Å²) in [4.78, 5) is 16.0. The minimum atomic E-state index is 0.0222. The van der Waals surface area contributed by atoms with Crippen molar-refractivity contribution in [2.75, 3.05) is 13.5 Å². The van der Waals surface area contributed by atoms with Gasteiger partial charge in [0.15, 0.2) is 0 Å². The van der Waals surface area contributed by atoms with Gasteiger partial charge >= 0.3 is 6.03 Å². The van der Waals surface area contributed by atoms with Gasteiger partial charge < -0.3 is 4.74 Å². The Hall–Kier alpha value is -2.33. The summed E-state index contributed by atoms with van der Waals surface area (Å²) < 4.78 is 5.54. The maximum atomic E-state index is 12.5. The molecule has 1 saturated heterocycles. The van der Waals surface area contributed by atoms with E-state index in [1.54, 1.807) is 9.80 Å². The first-order valence-corrected chi connectivity index (χ1v) is 7.02. The molecule has 4 heteroatoms. The molecule has 1 aliphatic rings. The van der Waals surface area contributed by atoms with E-state index in [0.717, 1.165) is 11.1 Å². The van der Waals surface area contributed by atoms with Crippen LogP contribution in [0.2, 0.25) is 0 Å². The second-order valence-corrected chi connectivity index (χ2v) is 5.11. The SMILES string of the molecule is O=C1N(Cc2ccccc2)COCN1Cc1ccccc1. The Morgan fingerprint density at radius 1 is 0.762 bits per heavy atom. The molecule has 0 spiro atoms. The average Bonchev–Trinajstić information content (AvgIpc) is 2.53. The van der Waals surface area contributed by atoms with Gasteiger partial charge in [0.05, 0.1) is 0 Å². The highest BCUT2D eigenvalue weighted by Crippen LogP contribution is 2.14. The van der Waals surface area contributed by atoms with E-state index in [1.165, 1.54) is 0 Å². The van der Waals surface area contributed by atoms with Crippen molar-refractivity contribution in [1.29, 1.82) is 0 Å². The van der Waals surface area contributed by atoms with Crippen LogP contribution in [0, 0.1) is 0 Å². The molecule has 0 saturated carbocycles. The highest BCUT2D eigenvalue weighted by molar-refractivity contribution is 5.74. The molecule has 4 nitrogen and oxygen atoms in total. The normalized spacial score (nSPS) is 15.3. The monoisotopic (exact) mass is 282 g/mol. The molecule has 21 heavy (non-hydrogen) atoms. The van der Waals surface area contributed by atoms with Gasteiger partial charge in [-0.15, -0.1) is 0 Å². The van der Waals surface area contributed by atoms with Crippen LogP contribution in [-0.4, -0.2) is 29.3 Å². The highest BCUT2D eigenvalue weighted by Gasteiger charge is 2.26. The van der Waals surface area contributed by atoms with Crippen LogP contribution in [0.15, 0.2) is 60.7 Å². The zero-order valence-corrected chi connectivity index (χ0v) is 11.8. The minimum Gasteiger partial charge on any atom is -0.340 e. The Kier molecular flexibility index (Phi) is 4.17. The summed E-state index contributed by atoms with van der Waals surface area (Å²) in [5.74, 6) is 0. The number of hydrogen-bond acceptors (Lipinski definition) is 2. The van der Waals surface area contributed by atoms with E-state index >= 15 is 0 Å². The molecule has 0 aliphatic carbocycles. The average molecular weight is 282 g/mol. The predicted octanol–water partition coefficient (Wildman–Crippen LogP) is 3.06. The number of ether oxygens (including phenoxy) is 1. The minimum absolute atomic E-state index is 0.0222. The molecule has 0 bridgehead atoms. The Labute approximate surface area is 124 Å². The first-order valence-electron chi connectivity index (χ1n) is 7.02. The van der Waals surface area contributed by atoms with Crippen molar-refractivity contribution >= 4 is 6.03 Å². The summed E-state index contributed by atoms with van der Waals surface area (Å²) in [5.41, 5.74) is 2.21. The van der Waals surface area contributed by atoms with Gasteiger partial charge in [-0.05, 0) is 11.1 Å². The van der Waals surface area contributed by atoms with E-state index in [4.69, 9.17) is 4.74 Å². The standard InChI is InChI=1S/C17H18N2O2/c20-17-18(11-15-7-3-1-4-8-15)13-21-14-19(17)12-16-9-5-2-6-10-16/h1-10H,11-14H2. The van der Waals surface area contributed by atoms with Crippen molar-refractivity contribution < 1.29 is 9.53 Å². The lowest BCUT2D eigenvalue weighted by molar-refractivity contribution is -0.0571. The lowest BCUT2D eigenvalue weighted by atomic mass is 10.2. The third-order valence-electron chi connectivity index (χ3n) is 3.47. The Bertz CT molecular complexity index is 535. The van der Waals surface area contributed by atoms with Gasteiger partial charge in [0.25, 0.3) is 0 Å². The van der Waals surface area contributed by atoms with Gasteiger partial charge in [-0.1, -0.05) is 60.7 Å². The smallest absolute Gasteiger partial charge is 0.324 e. The number of hydrogen-bond donors (Lipinski definition) is 0. The number of carbonyl (C=O) groups excluding carboxylic acids is 1. The van der Waals surface area contributed by atoms with E-state index in [1.807, 2.05) is 60.7 Å². The summed E-state index contributed by atoms with van der Waals surface area (Å²) in [5, 5.41) is 0. The summed E-state index contributed by atoms with van der Waals surface area (Å²) in [6.45, 7) is 1.84. The van der Waals surface area contributed by atoms with E-state index in [9.17, 15) is 4.79 Å². The van der Waals surface area contributed by atoms with Gasteiger partial charge in [0.2, 0.25) is 0 Å². The van der Waals surface area contributed by atoms with Gasteiger partial charge in [-0.3, -0.25) is 9.80 Å². The molecule has 0 N–H and O–H groups in total. The molecule has 0 radical (unpaired) electrons. The van der Waals surface area contributed by atoms with E-state index in [2.05, 4.69) is 0 Å². The summed E-state index contributed by atoms with van der Waals surface area (Å²) >= 11 is 0. The molecule has 2 aromatic rings. The second-order valence-electron chi connectivity index (χ2n) is 5.11. The summed E-state index contributed by atoms with van der Waals surface area (Å²) in [7, 11) is 0. The van der Waals surface area contributed by atoms with Crippen LogP contribution in [0.5, 0.6) is 0 Å². The largest absolute Gasteiger partial charge is 0.340 e. The first kappa shape index (κ1) is 13.6. The molecular weight excluding hydrogens is 264 g/mol. The molecule has 1 fully saturated rings. The number of amides is 2. The number of benzene rings is 2. The molecular formula is C17H18N2O2. The van der Waals surface area contributed by atoms with Crippen molar-refractivity contribution in [3.05, 3.63) is 71.8 Å². The summed E-state index contributed by atoms with van der Waals surface area (Å²) in [6, 6.07) is 19.9. The van der Waals surface area contributed by atoms with Crippen molar-refractivity contribution in [3.63, 3.8) is 0 Å². The van der Waals surface area contributed by atoms with Crippen molar-refractivity contribution in [3.8, 4) is 0 Å². The van der Waals surface area contributed by atoms with E-state index in [-0.39, 0.29) is 6.03 Å². The van der Waals surface area contributed by atoms with Crippen LogP contribution >= 0.6 is 0 Å². The molecule has 1 aliphatic heterocycles. The van der Waals surface area contributed by atoms with E-state index < -0.39 is 0 Å². The van der Waals surface area contributed by atoms with Crippen molar-refractivity contribution in [1.82, 2.24) is 9.80 Å². The van der Waals surface area contributed by atoms with Crippen LogP contribution in [0.3, 0.4) is 0 Å². The van der Waals surface area contributed by atoms with Crippen LogP contribution in [0.1, 0.15) is 11.1 Å². The fourth-order valence-corrected chi connectivity index (χ4v) is 2.41. The third kappa shape index (κ3) is 3.41. The number of urea groups is 1. The summed E-state index contributed by atoms with van der Waals surface area (Å²) in [6.07, 6.45) is 0. The Morgan fingerprint density at radius 3 is 1.62 bits per heavy atom. The number of rotatable bonds is 4. The lowest BCUT2D eigenvalue weighted by Crippen LogP contribution is -2.49. The molecule has 1 heterocycles. The van der Waals surface area contributed by atoms with Crippen LogP contribution in [-0.2, 0) is 17.8 Å². The lowest BCUT2D eigenvalue weighted by Gasteiger charge is -2.35. The Balaban J connectivity index is 1.66. The zero-order chi connectivity index (χ0) is 14.5. The maximum absolute atomic E-state index is 12.5. The molecule has 0 atom stereocenters. The molecule has 3 rings (SSSR count). The van der Waals surface area contributed by atoms with Crippen LogP contribution in [0.25, 0.3) is 0 Å². The van der Waals surface area contributed by atoms with Gasteiger partial charge in [0.1, 0.15) is 13.5 Å². The fraction of sp³-hybridized carbons (Fsp3) is 0.235. The molecule has 108 valence electrons. The van der Waals surface area contributed by atoms with Crippen LogP contribution in [0.4, 0.5) is 4.79 Å². The fourth-order valence-electron chi connectivity index (χ4n) is 2.41. The van der Waals surface area contributed by atoms with Crippen LogP contribution < -0.4 is 0 Å². The van der Waals surface area contributed by atoms with Crippen molar-refractivity contribution in [2.45, 2.75) is 13.1 Å².